The van der Waals surface area contributed by atoms with Gasteiger partial charge in [0.05, 0.1) is 18.0 Å². The summed E-state index contributed by atoms with van der Waals surface area (Å²) in [6, 6.07) is 14.2. The van der Waals surface area contributed by atoms with E-state index in [9.17, 15) is 14.4 Å². The molecule has 2 aromatic rings. The van der Waals surface area contributed by atoms with Gasteiger partial charge in [-0.3, -0.25) is 14.4 Å². The summed E-state index contributed by atoms with van der Waals surface area (Å²) in [4.78, 5) is 38.4. The molecule has 0 atom stereocenters. The second-order valence-corrected chi connectivity index (χ2v) is 6.59. The number of para-hydroxylation sites is 2. The van der Waals surface area contributed by atoms with Crippen molar-refractivity contribution in [2.45, 2.75) is 32.6 Å². The van der Waals surface area contributed by atoms with E-state index in [1.165, 1.54) is 0 Å². The Balaban J connectivity index is 1.57. The van der Waals surface area contributed by atoms with Gasteiger partial charge in [0.1, 0.15) is 5.75 Å². The summed E-state index contributed by atoms with van der Waals surface area (Å²) in [5.41, 5.74) is 1.85. The number of anilines is 2. The van der Waals surface area contributed by atoms with Gasteiger partial charge < -0.3 is 15.0 Å². The fourth-order valence-electron chi connectivity index (χ4n) is 3.21. The fraction of sp³-hybridized carbons (Fsp3) is 0.318. The van der Waals surface area contributed by atoms with E-state index in [1.807, 2.05) is 25.1 Å². The van der Waals surface area contributed by atoms with Crippen LogP contribution in [0.25, 0.3) is 0 Å². The average molecular weight is 380 g/mol. The lowest BCUT2D eigenvalue weighted by Gasteiger charge is -2.19. The SMILES string of the molecule is CCOc1ccc(C(=O)CCC(=O)Nc2ccccc2N2CCCC2=O)cc1. The Hall–Kier alpha value is -3.15. The van der Waals surface area contributed by atoms with Crippen LogP contribution in [-0.2, 0) is 9.59 Å². The van der Waals surface area contributed by atoms with Crippen molar-refractivity contribution in [3.63, 3.8) is 0 Å². The molecule has 28 heavy (non-hydrogen) atoms. The molecule has 0 aliphatic carbocycles. The summed E-state index contributed by atoms with van der Waals surface area (Å²) in [6.45, 7) is 3.12. The largest absolute Gasteiger partial charge is 0.494 e. The number of Topliss-reactive ketones (excluding diaryl/α,β-unsaturated/α-hetero) is 1. The number of carbonyl (C=O) groups is 3. The number of benzene rings is 2. The number of nitrogens with one attached hydrogen (secondary N) is 1. The lowest BCUT2D eigenvalue weighted by Crippen LogP contribution is -2.25. The number of rotatable bonds is 8. The van der Waals surface area contributed by atoms with E-state index in [4.69, 9.17) is 4.74 Å². The fourth-order valence-corrected chi connectivity index (χ4v) is 3.21. The summed E-state index contributed by atoms with van der Waals surface area (Å²) < 4.78 is 5.36. The highest BCUT2D eigenvalue weighted by Gasteiger charge is 2.24. The first-order valence-electron chi connectivity index (χ1n) is 9.54. The highest BCUT2D eigenvalue weighted by atomic mass is 16.5. The smallest absolute Gasteiger partial charge is 0.227 e. The predicted octanol–water partition coefficient (Wildman–Crippen LogP) is 3.81. The highest BCUT2D eigenvalue weighted by Crippen LogP contribution is 2.29. The molecule has 1 N–H and O–H groups in total. The maximum atomic E-state index is 12.3. The number of amides is 2. The van der Waals surface area contributed by atoms with Crippen LogP contribution in [0.1, 0.15) is 43.0 Å². The second-order valence-electron chi connectivity index (χ2n) is 6.59. The minimum absolute atomic E-state index is 0.0624. The maximum absolute atomic E-state index is 12.3. The standard InChI is InChI=1S/C22H24N2O4/c1-2-28-17-11-9-16(10-12-17)20(25)13-14-21(26)23-18-6-3-4-7-19(18)24-15-5-8-22(24)27/h3-4,6-7,9-12H,2,5,8,13-15H2,1H3,(H,23,26). The molecule has 1 saturated heterocycles. The van der Waals surface area contributed by atoms with Gasteiger partial charge in [-0.1, -0.05) is 12.1 Å². The Morgan fingerprint density at radius 1 is 1.07 bits per heavy atom. The molecule has 0 spiro atoms. The van der Waals surface area contributed by atoms with Crippen molar-refractivity contribution in [1.82, 2.24) is 0 Å². The van der Waals surface area contributed by atoms with Gasteiger partial charge in [-0.25, -0.2) is 0 Å². The molecule has 2 amide bonds. The van der Waals surface area contributed by atoms with E-state index in [0.717, 1.165) is 6.42 Å². The van der Waals surface area contributed by atoms with Crippen LogP contribution in [0.4, 0.5) is 11.4 Å². The van der Waals surface area contributed by atoms with Crippen molar-refractivity contribution in [3.05, 3.63) is 54.1 Å². The van der Waals surface area contributed by atoms with Crippen LogP contribution < -0.4 is 15.0 Å². The number of ketones is 1. The summed E-state index contributed by atoms with van der Waals surface area (Å²) in [7, 11) is 0. The van der Waals surface area contributed by atoms with Gasteiger partial charge in [-0.05, 0) is 49.7 Å². The molecule has 1 aliphatic rings. The number of nitrogens with zero attached hydrogens (tertiary/aromatic N) is 1. The van der Waals surface area contributed by atoms with E-state index >= 15 is 0 Å². The molecular formula is C22H24N2O4. The Morgan fingerprint density at radius 2 is 1.82 bits per heavy atom. The Morgan fingerprint density at radius 3 is 2.50 bits per heavy atom. The molecule has 0 radical (unpaired) electrons. The second kappa shape index (κ2) is 9.17. The molecule has 1 fully saturated rings. The average Bonchev–Trinajstić information content (AvgIpc) is 3.13. The highest BCUT2D eigenvalue weighted by molar-refractivity contribution is 6.03. The lowest BCUT2D eigenvalue weighted by atomic mass is 10.1. The first-order valence-corrected chi connectivity index (χ1v) is 9.54. The van der Waals surface area contributed by atoms with E-state index in [-0.39, 0.29) is 30.4 Å². The Bertz CT molecular complexity index is 861. The topological polar surface area (TPSA) is 75.7 Å². The number of ether oxygens (including phenoxy) is 1. The molecule has 1 heterocycles. The molecule has 2 aromatic carbocycles. The first-order chi connectivity index (χ1) is 13.6. The normalized spacial score (nSPS) is 13.5. The van der Waals surface area contributed by atoms with Crippen LogP contribution in [0, 0.1) is 0 Å². The number of hydrogen-bond donors (Lipinski definition) is 1. The number of hydrogen-bond acceptors (Lipinski definition) is 4. The molecule has 0 saturated carbocycles. The van der Waals surface area contributed by atoms with Gasteiger partial charge in [0.2, 0.25) is 11.8 Å². The van der Waals surface area contributed by atoms with Crippen LogP contribution in [0.15, 0.2) is 48.5 Å². The minimum atomic E-state index is -0.251. The van der Waals surface area contributed by atoms with Crippen LogP contribution in [0.5, 0.6) is 5.75 Å². The number of carbonyl (C=O) groups excluding carboxylic acids is 3. The van der Waals surface area contributed by atoms with Crippen molar-refractivity contribution < 1.29 is 19.1 Å². The molecular weight excluding hydrogens is 356 g/mol. The zero-order valence-corrected chi connectivity index (χ0v) is 15.9. The molecule has 6 heteroatoms. The van der Waals surface area contributed by atoms with Crippen LogP contribution in [-0.4, -0.2) is 30.7 Å². The van der Waals surface area contributed by atoms with Crippen LogP contribution >= 0.6 is 0 Å². The predicted molar refractivity (Wildman–Crippen MR) is 108 cm³/mol. The van der Waals surface area contributed by atoms with E-state index in [1.54, 1.807) is 35.2 Å². The molecule has 0 aromatic heterocycles. The third-order valence-corrected chi connectivity index (χ3v) is 4.61. The summed E-state index contributed by atoms with van der Waals surface area (Å²) in [5.74, 6) is 0.428. The quantitative estimate of drug-likeness (QED) is 0.707. The van der Waals surface area contributed by atoms with Crippen LogP contribution in [0.2, 0.25) is 0 Å². The van der Waals surface area contributed by atoms with E-state index < -0.39 is 0 Å². The zero-order chi connectivity index (χ0) is 19.9. The Labute approximate surface area is 164 Å². The van der Waals surface area contributed by atoms with E-state index in [0.29, 0.717) is 42.3 Å². The Kier molecular flexibility index (Phi) is 6.42. The molecule has 0 bridgehead atoms. The molecule has 146 valence electrons. The molecule has 1 aliphatic heterocycles. The summed E-state index contributed by atoms with van der Waals surface area (Å²) in [5, 5.41) is 2.84. The van der Waals surface area contributed by atoms with Gasteiger partial charge in [0.15, 0.2) is 5.78 Å². The van der Waals surface area contributed by atoms with Gasteiger partial charge in [-0.2, -0.15) is 0 Å². The van der Waals surface area contributed by atoms with Gasteiger partial charge in [0.25, 0.3) is 0 Å². The zero-order valence-electron chi connectivity index (χ0n) is 15.9. The first kappa shape index (κ1) is 19.6. The molecule has 3 rings (SSSR count). The molecule has 6 nitrogen and oxygen atoms in total. The minimum Gasteiger partial charge on any atom is -0.494 e. The van der Waals surface area contributed by atoms with Crippen molar-refractivity contribution in [2.24, 2.45) is 0 Å². The van der Waals surface area contributed by atoms with Crippen molar-refractivity contribution in [2.75, 3.05) is 23.4 Å². The monoisotopic (exact) mass is 380 g/mol. The van der Waals surface area contributed by atoms with Crippen LogP contribution in [0.3, 0.4) is 0 Å². The van der Waals surface area contributed by atoms with Crippen molar-refractivity contribution in [3.8, 4) is 5.75 Å². The van der Waals surface area contributed by atoms with Gasteiger partial charge in [-0.15, -0.1) is 0 Å². The maximum Gasteiger partial charge on any atom is 0.227 e. The third kappa shape index (κ3) is 4.76. The van der Waals surface area contributed by atoms with Gasteiger partial charge >= 0.3 is 0 Å². The van der Waals surface area contributed by atoms with Crippen molar-refractivity contribution in [1.29, 1.82) is 0 Å². The van der Waals surface area contributed by atoms with Crippen molar-refractivity contribution >= 4 is 29.0 Å². The summed E-state index contributed by atoms with van der Waals surface area (Å²) >= 11 is 0. The molecule has 0 unspecified atom stereocenters. The third-order valence-electron chi connectivity index (χ3n) is 4.61. The van der Waals surface area contributed by atoms with E-state index in [2.05, 4.69) is 5.32 Å². The summed E-state index contributed by atoms with van der Waals surface area (Å²) in [6.07, 6.45) is 1.54. The lowest BCUT2D eigenvalue weighted by molar-refractivity contribution is -0.117. The van der Waals surface area contributed by atoms with Gasteiger partial charge in [0, 0.05) is 31.4 Å².